The van der Waals surface area contributed by atoms with E-state index in [1.54, 1.807) is 19.1 Å². The maximum absolute atomic E-state index is 11.0. The highest BCUT2D eigenvalue weighted by molar-refractivity contribution is 5.58. The van der Waals surface area contributed by atoms with Gasteiger partial charge in [0, 0.05) is 6.07 Å². The van der Waals surface area contributed by atoms with Crippen LogP contribution in [0.3, 0.4) is 0 Å². The molecule has 0 heterocycles. The highest BCUT2D eigenvalue weighted by Crippen LogP contribution is 2.38. The number of aryl methyl sites for hydroxylation is 1. The van der Waals surface area contributed by atoms with E-state index in [9.17, 15) is 10.1 Å². The quantitative estimate of drug-likeness (QED) is 0.423. The van der Waals surface area contributed by atoms with E-state index >= 15 is 0 Å². The van der Waals surface area contributed by atoms with Gasteiger partial charge in [-0.15, -0.1) is 0 Å². The molecule has 1 rings (SSSR count). The zero-order valence-corrected chi connectivity index (χ0v) is 10.2. The standard InChI is InChI=1S/C13H15NO4/c1-4-6-17-12-9-10(3)8-11(14(15)16)13(12)18-7-5-2/h4-5,8-9H,1-2,6-7H2,3H3. The van der Waals surface area contributed by atoms with Gasteiger partial charge >= 0.3 is 5.69 Å². The minimum absolute atomic E-state index is 0.115. The molecule has 0 spiro atoms. The van der Waals surface area contributed by atoms with E-state index in [1.807, 2.05) is 0 Å². The molecule has 18 heavy (non-hydrogen) atoms. The van der Waals surface area contributed by atoms with Gasteiger partial charge in [0.2, 0.25) is 5.75 Å². The molecular weight excluding hydrogens is 234 g/mol. The minimum atomic E-state index is -0.494. The molecule has 0 bridgehead atoms. The first-order valence-corrected chi connectivity index (χ1v) is 5.36. The summed E-state index contributed by atoms with van der Waals surface area (Å²) in [4.78, 5) is 10.5. The van der Waals surface area contributed by atoms with Crippen molar-refractivity contribution in [3.8, 4) is 11.5 Å². The van der Waals surface area contributed by atoms with Crippen LogP contribution in [0.1, 0.15) is 5.56 Å². The third kappa shape index (κ3) is 3.35. The summed E-state index contributed by atoms with van der Waals surface area (Å²) in [5, 5.41) is 11.0. The molecule has 0 aromatic heterocycles. The molecule has 5 nitrogen and oxygen atoms in total. The summed E-state index contributed by atoms with van der Waals surface area (Å²) in [5.41, 5.74) is 0.614. The predicted octanol–water partition coefficient (Wildman–Crippen LogP) is 3.03. The zero-order chi connectivity index (χ0) is 13.5. The van der Waals surface area contributed by atoms with Crippen LogP contribution in [0.15, 0.2) is 37.4 Å². The van der Waals surface area contributed by atoms with E-state index in [4.69, 9.17) is 9.47 Å². The second-order valence-electron chi connectivity index (χ2n) is 3.57. The maximum atomic E-state index is 11.0. The molecule has 0 aliphatic rings. The molecule has 0 unspecified atom stereocenters. The van der Waals surface area contributed by atoms with Gasteiger partial charge in [0.1, 0.15) is 13.2 Å². The summed E-state index contributed by atoms with van der Waals surface area (Å²) in [6.45, 7) is 9.22. The molecule has 0 amide bonds. The van der Waals surface area contributed by atoms with Crippen molar-refractivity contribution in [2.75, 3.05) is 13.2 Å². The summed E-state index contributed by atoms with van der Waals surface area (Å²) >= 11 is 0. The highest BCUT2D eigenvalue weighted by Gasteiger charge is 2.21. The summed E-state index contributed by atoms with van der Waals surface area (Å²) in [6.07, 6.45) is 3.08. The van der Waals surface area contributed by atoms with Crippen LogP contribution in [0.2, 0.25) is 0 Å². The Labute approximate surface area is 105 Å². The zero-order valence-electron chi connectivity index (χ0n) is 10.2. The monoisotopic (exact) mass is 249 g/mol. The first-order valence-electron chi connectivity index (χ1n) is 5.36. The molecule has 1 aromatic carbocycles. The van der Waals surface area contributed by atoms with Gasteiger partial charge in [-0.25, -0.2) is 0 Å². The average Bonchev–Trinajstić information content (AvgIpc) is 2.34. The van der Waals surface area contributed by atoms with E-state index in [1.165, 1.54) is 12.1 Å². The number of hydrogen-bond acceptors (Lipinski definition) is 4. The van der Waals surface area contributed by atoms with Gasteiger partial charge in [-0.2, -0.15) is 0 Å². The third-order valence-corrected chi connectivity index (χ3v) is 2.08. The normalized spacial score (nSPS) is 9.61. The van der Waals surface area contributed by atoms with Gasteiger partial charge in [-0.05, 0) is 18.6 Å². The van der Waals surface area contributed by atoms with Crippen molar-refractivity contribution in [1.29, 1.82) is 0 Å². The number of nitro groups is 1. The van der Waals surface area contributed by atoms with Crippen molar-refractivity contribution in [3.05, 3.63) is 53.1 Å². The van der Waals surface area contributed by atoms with Crippen LogP contribution in [0.5, 0.6) is 11.5 Å². The Balaban J connectivity index is 3.22. The van der Waals surface area contributed by atoms with Crippen LogP contribution >= 0.6 is 0 Å². The van der Waals surface area contributed by atoms with Gasteiger partial charge in [0.05, 0.1) is 4.92 Å². The first kappa shape index (κ1) is 13.8. The van der Waals surface area contributed by atoms with Crippen LogP contribution in [0.25, 0.3) is 0 Å². The van der Waals surface area contributed by atoms with Crippen molar-refractivity contribution in [1.82, 2.24) is 0 Å². The molecule has 5 heteroatoms. The second-order valence-corrected chi connectivity index (χ2v) is 3.57. The van der Waals surface area contributed by atoms with E-state index in [0.29, 0.717) is 5.75 Å². The second kappa shape index (κ2) is 6.44. The Kier molecular flexibility index (Phi) is 4.92. The largest absolute Gasteiger partial charge is 0.485 e. The number of rotatable bonds is 7. The minimum Gasteiger partial charge on any atom is -0.485 e. The molecule has 0 atom stereocenters. The summed E-state index contributed by atoms with van der Waals surface area (Å²) in [5.74, 6) is 0.454. The summed E-state index contributed by atoms with van der Waals surface area (Å²) < 4.78 is 10.7. The van der Waals surface area contributed by atoms with Gasteiger partial charge in [-0.1, -0.05) is 25.3 Å². The Bertz CT molecular complexity index is 468. The maximum Gasteiger partial charge on any atom is 0.315 e. The Morgan fingerprint density at radius 2 is 1.89 bits per heavy atom. The van der Waals surface area contributed by atoms with Crippen LogP contribution in [-0.2, 0) is 0 Å². The molecule has 0 saturated carbocycles. The van der Waals surface area contributed by atoms with Gasteiger partial charge in [-0.3, -0.25) is 10.1 Å². The smallest absolute Gasteiger partial charge is 0.315 e. The number of hydrogen-bond donors (Lipinski definition) is 0. The number of nitro benzene ring substituents is 1. The third-order valence-electron chi connectivity index (χ3n) is 2.08. The molecule has 0 aliphatic carbocycles. The van der Waals surface area contributed by atoms with Crippen molar-refractivity contribution < 1.29 is 14.4 Å². The lowest BCUT2D eigenvalue weighted by Crippen LogP contribution is -2.03. The molecule has 1 aromatic rings. The van der Waals surface area contributed by atoms with Crippen LogP contribution in [0, 0.1) is 17.0 Å². The number of benzene rings is 1. The van der Waals surface area contributed by atoms with E-state index in [2.05, 4.69) is 13.2 Å². The van der Waals surface area contributed by atoms with Crippen LogP contribution in [-0.4, -0.2) is 18.1 Å². The van der Waals surface area contributed by atoms with E-state index < -0.39 is 4.92 Å². The highest BCUT2D eigenvalue weighted by atomic mass is 16.6. The van der Waals surface area contributed by atoms with Gasteiger partial charge in [0.15, 0.2) is 5.75 Å². The lowest BCUT2D eigenvalue weighted by molar-refractivity contribution is -0.385. The summed E-state index contributed by atoms with van der Waals surface area (Å²) in [7, 11) is 0. The molecule has 0 fully saturated rings. The van der Waals surface area contributed by atoms with Crippen molar-refractivity contribution >= 4 is 5.69 Å². The molecule has 0 aliphatic heterocycles. The fourth-order valence-electron chi connectivity index (χ4n) is 1.40. The van der Waals surface area contributed by atoms with Gasteiger partial charge in [0.25, 0.3) is 0 Å². The fraction of sp³-hybridized carbons (Fsp3) is 0.231. The molecular formula is C13H15NO4. The van der Waals surface area contributed by atoms with Crippen molar-refractivity contribution in [2.45, 2.75) is 6.92 Å². The van der Waals surface area contributed by atoms with E-state index in [-0.39, 0.29) is 24.7 Å². The molecule has 0 saturated heterocycles. The van der Waals surface area contributed by atoms with Crippen LogP contribution in [0.4, 0.5) is 5.69 Å². The lowest BCUT2D eigenvalue weighted by atomic mass is 10.2. The summed E-state index contributed by atoms with van der Waals surface area (Å²) in [6, 6.07) is 3.13. The van der Waals surface area contributed by atoms with Crippen molar-refractivity contribution in [3.63, 3.8) is 0 Å². The Morgan fingerprint density at radius 3 is 2.44 bits per heavy atom. The Hall–Kier alpha value is -2.30. The molecule has 0 radical (unpaired) electrons. The van der Waals surface area contributed by atoms with Gasteiger partial charge < -0.3 is 9.47 Å². The molecule has 0 N–H and O–H groups in total. The Morgan fingerprint density at radius 1 is 1.28 bits per heavy atom. The average molecular weight is 249 g/mol. The number of nitrogens with zero attached hydrogens (tertiary/aromatic N) is 1. The first-order chi connectivity index (χ1) is 8.60. The van der Waals surface area contributed by atoms with Crippen LogP contribution < -0.4 is 9.47 Å². The lowest BCUT2D eigenvalue weighted by Gasteiger charge is -2.11. The number of ether oxygens (including phenoxy) is 2. The molecule has 96 valence electrons. The fourth-order valence-corrected chi connectivity index (χ4v) is 1.40. The SMILES string of the molecule is C=CCOc1cc(C)cc([N+](=O)[O-])c1OCC=C. The predicted molar refractivity (Wildman–Crippen MR) is 69.2 cm³/mol. The van der Waals surface area contributed by atoms with Crippen molar-refractivity contribution in [2.24, 2.45) is 0 Å². The van der Waals surface area contributed by atoms with E-state index in [0.717, 1.165) is 5.56 Å². The topological polar surface area (TPSA) is 61.6 Å².